The topological polar surface area (TPSA) is 49.4 Å². The minimum Gasteiger partial charge on any atom is -0.350 e. The molecule has 0 spiro atoms. The second-order valence-corrected chi connectivity index (χ2v) is 8.63. The Labute approximate surface area is 188 Å². The second-order valence-electron chi connectivity index (χ2n) is 6.68. The molecule has 1 aliphatic rings. The van der Waals surface area contributed by atoms with Gasteiger partial charge in [-0.2, -0.15) is 0 Å². The van der Waals surface area contributed by atoms with Gasteiger partial charge in [0.05, 0.1) is 5.69 Å². The second kappa shape index (κ2) is 8.56. The predicted molar refractivity (Wildman–Crippen MR) is 123 cm³/mol. The third-order valence-corrected chi connectivity index (χ3v) is 6.04. The lowest BCUT2D eigenvalue weighted by Gasteiger charge is -2.15. The first-order chi connectivity index (χ1) is 14.4. The summed E-state index contributed by atoms with van der Waals surface area (Å²) in [6.07, 6.45) is 0. The third kappa shape index (κ3) is 4.24. The number of amides is 2. The number of hydrogen-bond acceptors (Lipinski definition) is 4. The van der Waals surface area contributed by atoms with Gasteiger partial charge in [-0.3, -0.25) is 9.59 Å². The summed E-state index contributed by atoms with van der Waals surface area (Å²) >= 11 is 13.3. The molecular formula is C23H16Cl2N2O2S. The Morgan fingerprint density at radius 3 is 2.20 bits per heavy atom. The highest BCUT2D eigenvalue weighted by Gasteiger charge is 2.40. The van der Waals surface area contributed by atoms with Gasteiger partial charge in [-0.1, -0.05) is 58.7 Å². The van der Waals surface area contributed by atoms with Crippen molar-refractivity contribution < 1.29 is 9.59 Å². The van der Waals surface area contributed by atoms with E-state index in [0.29, 0.717) is 20.6 Å². The molecule has 0 unspecified atom stereocenters. The number of carbonyl (C=O) groups is 2. The molecule has 1 N–H and O–H groups in total. The molecular weight excluding hydrogens is 439 g/mol. The maximum Gasteiger partial charge on any atom is 0.283 e. The average Bonchev–Trinajstić information content (AvgIpc) is 2.95. The minimum atomic E-state index is -0.431. The molecule has 7 heteroatoms. The van der Waals surface area contributed by atoms with Crippen LogP contribution in [0.5, 0.6) is 0 Å². The third-order valence-electron chi connectivity index (χ3n) is 4.46. The van der Waals surface area contributed by atoms with Crippen molar-refractivity contribution in [3.8, 4) is 0 Å². The van der Waals surface area contributed by atoms with Gasteiger partial charge in [0.1, 0.15) is 10.6 Å². The van der Waals surface area contributed by atoms with E-state index in [1.54, 1.807) is 36.4 Å². The fourth-order valence-electron chi connectivity index (χ4n) is 2.97. The van der Waals surface area contributed by atoms with Gasteiger partial charge in [0.15, 0.2) is 0 Å². The molecule has 30 heavy (non-hydrogen) atoms. The monoisotopic (exact) mass is 454 g/mol. The van der Waals surface area contributed by atoms with Crippen molar-refractivity contribution in [2.75, 3.05) is 10.2 Å². The summed E-state index contributed by atoms with van der Waals surface area (Å²) in [5.41, 5.74) is 2.47. The van der Waals surface area contributed by atoms with E-state index in [4.69, 9.17) is 23.2 Å². The Hall–Kier alpha value is -2.73. The quantitative estimate of drug-likeness (QED) is 0.460. The van der Waals surface area contributed by atoms with Crippen molar-refractivity contribution in [1.29, 1.82) is 0 Å². The molecule has 4 rings (SSSR count). The van der Waals surface area contributed by atoms with Gasteiger partial charge < -0.3 is 5.32 Å². The molecule has 0 aliphatic carbocycles. The molecule has 1 heterocycles. The molecule has 3 aromatic carbocycles. The van der Waals surface area contributed by atoms with E-state index in [2.05, 4.69) is 5.32 Å². The van der Waals surface area contributed by atoms with E-state index in [0.717, 1.165) is 21.0 Å². The van der Waals surface area contributed by atoms with Crippen LogP contribution in [0, 0.1) is 6.92 Å². The van der Waals surface area contributed by atoms with E-state index < -0.39 is 11.8 Å². The van der Waals surface area contributed by atoms with Crippen molar-refractivity contribution in [3.05, 3.63) is 99.0 Å². The van der Waals surface area contributed by atoms with Gasteiger partial charge in [-0.25, -0.2) is 4.90 Å². The maximum absolute atomic E-state index is 13.3. The number of carbonyl (C=O) groups excluding carboxylic acids is 2. The Balaban J connectivity index is 1.74. The molecule has 0 saturated heterocycles. The highest BCUT2D eigenvalue weighted by Crippen LogP contribution is 2.38. The first kappa shape index (κ1) is 20.5. The van der Waals surface area contributed by atoms with Crippen LogP contribution in [0.1, 0.15) is 5.56 Å². The molecule has 0 radical (unpaired) electrons. The van der Waals surface area contributed by atoms with Crippen molar-refractivity contribution >= 4 is 58.2 Å². The number of aryl methyl sites for hydroxylation is 1. The Morgan fingerprint density at radius 2 is 1.53 bits per heavy atom. The lowest BCUT2D eigenvalue weighted by Crippen LogP contribution is -2.32. The summed E-state index contributed by atoms with van der Waals surface area (Å²) in [5.74, 6) is -0.837. The van der Waals surface area contributed by atoms with Gasteiger partial charge in [0.25, 0.3) is 11.8 Å². The highest BCUT2D eigenvalue weighted by molar-refractivity contribution is 8.04. The smallest absolute Gasteiger partial charge is 0.283 e. The molecule has 3 aromatic rings. The van der Waals surface area contributed by atoms with E-state index in [1.165, 1.54) is 11.8 Å². The van der Waals surface area contributed by atoms with Crippen LogP contribution in [0.4, 0.5) is 11.4 Å². The zero-order valence-electron chi connectivity index (χ0n) is 15.9. The predicted octanol–water partition coefficient (Wildman–Crippen LogP) is 6.29. The molecule has 2 amide bonds. The van der Waals surface area contributed by atoms with Gasteiger partial charge in [0, 0.05) is 20.6 Å². The number of nitrogens with zero attached hydrogens (tertiary/aromatic N) is 1. The molecule has 1 aliphatic heterocycles. The van der Waals surface area contributed by atoms with Crippen LogP contribution < -0.4 is 10.2 Å². The summed E-state index contributed by atoms with van der Waals surface area (Å²) in [4.78, 5) is 28.8. The summed E-state index contributed by atoms with van der Waals surface area (Å²) in [6.45, 7) is 1.98. The number of nitrogens with one attached hydrogen (secondary N) is 1. The summed E-state index contributed by atoms with van der Waals surface area (Å²) in [5, 5.41) is 4.17. The van der Waals surface area contributed by atoms with Gasteiger partial charge >= 0.3 is 0 Å². The molecule has 0 fully saturated rings. The number of thioether (sulfide) groups is 1. The fraction of sp³-hybridized carbons (Fsp3) is 0.0435. The van der Waals surface area contributed by atoms with E-state index in [9.17, 15) is 9.59 Å². The zero-order valence-corrected chi connectivity index (χ0v) is 18.2. The summed E-state index contributed by atoms with van der Waals surface area (Å²) in [7, 11) is 0. The molecule has 0 aromatic heterocycles. The van der Waals surface area contributed by atoms with E-state index in [1.807, 2.05) is 43.3 Å². The Bertz CT molecular complexity index is 1090. The molecule has 0 bridgehead atoms. The van der Waals surface area contributed by atoms with Crippen molar-refractivity contribution in [2.24, 2.45) is 0 Å². The minimum absolute atomic E-state index is 0.226. The molecule has 150 valence electrons. The van der Waals surface area contributed by atoms with Crippen molar-refractivity contribution in [3.63, 3.8) is 0 Å². The number of imide groups is 1. The first-order valence-corrected chi connectivity index (χ1v) is 10.7. The lowest BCUT2D eigenvalue weighted by atomic mass is 10.2. The lowest BCUT2D eigenvalue weighted by molar-refractivity contribution is -0.120. The van der Waals surface area contributed by atoms with Gasteiger partial charge in [0.2, 0.25) is 0 Å². The van der Waals surface area contributed by atoms with Gasteiger partial charge in [-0.05, 0) is 61.5 Å². The number of halogens is 2. The average molecular weight is 455 g/mol. The standard InChI is InChI=1S/C23H16Cl2N2O2S/c1-14-5-9-17(10-6-14)26-20-21(30-19-11-7-15(24)8-12-19)23(29)27(22(20)28)18-4-2-3-16(25)13-18/h2-13,26H,1H3. The largest absolute Gasteiger partial charge is 0.350 e. The van der Waals surface area contributed by atoms with Crippen molar-refractivity contribution in [2.45, 2.75) is 11.8 Å². The molecule has 0 saturated carbocycles. The summed E-state index contributed by atoms with van der Waals surface area (Å²) < 4.78 is 0. The Kier molecular flexibility index (Phi) is 5.86. The van der Waals surface area contributed by atoms with Crippen LogP contribution in [-0.2, 0) is 9.59 Å². The Morgan fingerprint density at radius 1 is 0.833 bits per heavy atom. The summed E-state index contributed by atoms with van der Waals surface area (Å²) in [6, 6.07) is 21.4. The number of benzene rings is 3. The first-order valence-electron chi connectivity index (χ1n) is 9.08. The fourth-order valence-corrected chi connectivity index (χ4v) is 4.20. The van der Waals surface area contributed by atoms with Crippen LogP contribution in [0.3, 0.4) is 0 Å². The van der Waals surface area contributed by atoms with Crippen LogP contribution >= 0.6 is 35.0 Å². The maximum atomic E-state index is 13.3. The zero-order chi connectivity index (χ0) is 21.3. The number of hydrogen-bond donors (Lipinski definition) is 1. The normalized spacial score (nSPS) is 13.9. The van der Waals surface area contributed by atoms with Crippen LogP contribution in [-0.4, -0.2) is 11.8 Å². The molecule has 0 atom stereocenters. The van der Waals surface area contributed by atoms with Crippen LogP contribution in [0.25, 0.3) is 0 Å². The van der Waals surface area contributed by atoms with Gasteiger partial charge in [-0.15, -0.1) is 0 Å². The van der Waals surface area contributed by atoms with Crippen LogP contribution in [0.15, 0.2) is 88.3 Å². The SMILES string of the molecule is Cc1ccc(NC2=C(Sc3ccc(Cl)cc3)C(=O)N(c3cccc(Cl)c3)C2=O)cc1. The van der Waals surface area contributed by atoms with Crippen molar-refractivity contribution in [1.82, 2.24) is 0 Å². The van der Waals surface area contributed by atoms with E-state index >= 15 is 0 Å². The number of rotatable bonds is 5. The molecule has 4 nitrogen and oxygen atoms in total. The number of anilines is 2. The van der Waals surface area contributed by atoms with E-state index in [-0.39, 0.29) is 5.70 Å². The van der Waals surface area contributed by atoms with Crippen LogP contribution in [0.2, 0.25) is 10.0 Å². The highest BCUT2D eigenvalue weighted by atomic mass is 35.5.